The number of rotatable bonds is 10. The summed E-state index contributed by atoms with van der Waals surface area (Å²) in [6, 6.07) is 15.6. The van der Waals surface area contributed by atoms with Crippen molar-refractivity contribution in [3.05, 3.63) is 95.8 Å². The largest absolute Gasteiger partial charge is 0.457 e. The van der Waals surface area contributed by atoms with E-state index < -0.39 is 24.3 Å². The third kappa shape index (κ3) is 6.77. The van der Waals surface area contributed by atoms with Gasteiger partial charge in [0.2, 0.25) is 5.91 Å². The first-order valence-corrected chi connectivity index (χ1v) is 12.1. The molecule has 0 aromatic heterocycles. The highest BCUT2D eigenvalue weighted by Gasteiger charge is 2.43. The number of hydrogen-bond acceptors (Lipinski definition) is 5. The van der Waals surface area contributed by atoms with Crippen molar-refractivity contribution < 1.29 is 19.1 Å². The molecule has 2 aromatic carbocycles. The van der Waals surface area contributed by atoms with Crippen molar-refractivity contribution in [2.24, 2.45) is 11.7 Å². The number of halogens is 1. The van der Waals surface area contributed by atoms with Crippen LogP contribution in [-0.4, -0.2) is 30.7 Å². The Labute approximate surface area is 217 Å². The lowest BCUT2D eigenvalue weighted by atomic mass is 9.99. The van der Waals surface area contributed by atoms with E-state index in [1.807, 2.05) is 44.2 Å². The molecule has 3 atom stereocenters. The van der Waals surface area contributed by atoms with E-state index in [0.717, 1.165) is 5.56 Å². The average molecular weight is 510 g/mol. The van der Waals surface area contributed by atoms with Crippen molar-refractivity contribution in [2.45, 2.75) is 39.0 Å². The number of carbonyl (C=O) groups excluding carboxylic acids is 2. The van der Waals surface area contributed by atoms with Crippen LogP contribution in [0, 0.1) is 5.92 Å². The minimum absolute atomic E-state index is 0.00953. The Bertz CT molecular complexity index is 1130. The Morgan fingerprint density at radius 2 is 1.86 bits per heavy atom. The zero-order valence-corrected chi connectivity index (χ0v) is 21.4. The number of ether oxygens (including phenoxy) is 2. The lowest BCUT2D eigenvalue weighted by Crippen LogP contribution is -2.47. The molecule has 0 radical (unpaired) electrons. The number of allylic oxidation sites excluding steroid dienone is 4. The van der Waals surface area contributed by atoms with Crippen molar-refractivity contribution in [3.63, 3.8) is 0 Å². The summed E-state index contributed by atoms with van der Waals surface area (Å²) in [5.74, 6) is 0.810. The molecule has 7 nitrogen and oxygen atoms in total. The summed E-state index contributed by atoms with van der Waals surface area (Å²) in [6.45, 7) is 9.42. The third-order valence-corrected chi connectivity index (χ3v) is 5.87. The van der Waals surface area contributed by atoms with E-state index >= 15 is 0 Å². The summed E-state index contributed by atoms with van der Waals surface area (Å²) >= 11 is 5.88. The maximum Gasteiger partial charge on any atom is 0.415 e. The number of nitrogens with one attached hydrogen (secondary N) is 1. The molecule has 3 rings (SSSR count). The fraction of sp³-hybridized carbons (Fsp3) is 0.286. The van der Waals surface area contributed by atoms with E-state index in [9.17, 15) is 9.59 Å². The predicted octanol–water partition coefficient (Wildman–Crippen LogP) is 5.44. The van der Waals surface area contributed by atoms with Gasteiger partial charge < -0.3 is 20.5 Å². The van der Waals surface area contributed by atoms with Gasteiger partial charge in [0, 0.05) is 10.7 Å². The Balaban J connectivity index is 1.83. The average Bonchev–Trinajstić information content (AvgIpc) is 3.21. The summed E-state index contributed by atoms with van der Waals surface area (Å²) < 4.78 is 11.6. The van der Waals surface area contributed by atoms with Gasteiger partial charge in [0.15, 0.2) is 0 Å². The van der Waals surface area contributed by atoms with E-state index in [0.29, 0.717) is 22.2 Å². The van der Waals surface area contributed by atoms with Crippen LogP contribution in [0.25, 0.3) is 0 Å². The molecule has 0 bridgehead atoms. The first-order valence-electron chi connectivity index (χ1n) is 11.7. The van der Waals surface area contributed by atoms with Crippen molar-refractivity contribution in [1.29, 1.82) is 0 Å². The molecule has 2 amide bonds. The second-order valence-electron chi connectivity index (χ2n) is 8.79. The molecule has 0 aliphatic carbocycles. The summed E-state index contributed by atoms with van der Waals surface area (Å²) in [7, 11) is 0. The number of hydrogen-bond donors (Lipinski definition) is 2. The van der Waals surface area contributed by atoms with E-state index in [1.165, 1.54) is 0 Å². The zero-order chi connectivity index (χ0) is 26.2. The topological polar surface area (TPSA) is 93.9 Å². The fourth-order valence-corrected chi connectivity index (χ4v) is 3.80. The molecule has 190 valence electrons. The van der Waals surface area contributed by atoms with Gasteiger partial charge in [-0.15, -0.1) is 0 Å². The van der Waals surface area contributed by atoms with Gasteiger partial charge in [-0.1, -0.05) is 62.4 Å². The van der Waals surface area contributed by atoms with Gasteiger partial charge in [-0.25, -0.2) is 4.79 Å². The van der Waals surface area contributed by atoms with Crippen molar-refractivity contribution in [3.8, 4) is 5.75 Å². The molecule has 0 saturated carbocycles. The normalized spacial score (nSPS) is 19.2. The van der Waals surface area contributed by atoms with Crippen molar-refractivity contribution in [1.82, 2.24) is 5.32 Å². The lowest BCUT2D eigenvalue weighted by Gasteiger charge is -2.26. The number of anilines is 1. The highest BCUT2D eigenvalue weighted by atomic mass is 35.5. The maximum atomic E-state index is 13.0. The van der Waals surface area contributed by atoms with Gasteiger partial charge in [-0.3, -0.25) is 9.69 Å². The van der Waals surface area contributed by atoms with Crippen LogP contribution in [0.5, 0.6) is 5.75 Å². The summed E-state index contributed by atoms with van der Waals surface area (Å²) in [4.78, 5) is 27.0. The van der Waals surface area contributed by atoms with Gasteiger partial charge in [0.1, 0.15) is 23.7 Å². The molecule has 2 aromatic rings. The highest BCUT2D eigenvalue weighted by molar-refractivity contribution is 6.29. The van der Waals surface area contributed by atoms with Gasteiger partial charge in [-0.2, -0.15) is 0 Å². The molecular formula is C28H32ClN3O4. The Morgan fingerprint density at radius 3 is 2.44 bits per heavy atom. The number of cyclic esters (lactones) is 1. The van der Waals surface area contributed by atoms with Gasteiger partial charge in [-0.05, 0) is 60.9 Å². The number of nitrogens with zero attached hydrogens (tertiary/aromatic N) is 1. The Hall–Kier alpha value is -3.55. The maximum absolute atomic E-state index is 13.0. The first-order chi connectivity index (χ1) is 17.2. The molecule has 0 unspecified atom stereocenters. The third-order valence-electron chi connectivity index (χ3n) is 5.75. The van der Waals surface area contributed by atoms with E-state index in [2.05, 4.69) is 11.9 Å². The van der Waals surface area contributed by atoms with E-state index in [4.69, 9.17) is 26.8 Å². The van der Waals surface area contributed by atoms with Crippen LogP contribution in [0.2, 0.25) is 0 Å². The Morgan fingerprint density at radius 1 is 1.19 bits per heavy atom. The molecule has 0 spiro atoms. The SMILES string of the molecule is C=C/C(=C\C=C(/C)Cl)Oc1ccc(N2C(=O)O[C@@H](CNC(=O)[C@H](N)C(C)C)[C@@H]2c2ccccc2)cc1. The van der Waals surface area contributed by atoms with Gasteiger partial charge >= 0.3 is 6.09 Å². The summed E-state index contributed by atoms with van der Waals surface area (Å²) in [5, 5.41) is 3.45. The van der Waals surface area contributed by atoms with Crippen LogP contribution < -0.4 is 20.7 Å². The molecule has 8 heteroatoms. The molecule has 3 N–H and O–H groups in total. The van der Waals surface area contributed by atoms with Gasteiger partial charge in [0.05, 0.1) is 12.6 Å². The minimum atomic E-state index is -0.640. The monoisotopic (exact) mass is 509 g/mol. The van der Waals surface area contributed by atoms with Crippen LogP contribution >= 0.6 is 11.6 Å². The predicted molar refractivity (Wildman–Crippen MR) is 143 cm³/mol. The molecular weight excluding hydrogens is 478 g/mol. The zero-order valence-electron chi connectivity index (χ0n) is 20.7. The van der Waals surface area contributed by atoms with E-state index in [-0.39, 0.29) is 18.4 Å². The molecule has 1 aliphatic rings. The van der Waals surface area contributed by atoms with Crippen molar-refractivity contribution in [2.75, 3.05) is 11.4 Å². The quantitative estimate of drug-likeness (QED) is 0.328. The minimum Gasteiger partial charge on any atom is -0.457 e. The smallest absolute Gasteiger partial charge is 0.415 e. The summed E-state index contributed by atoms with van der Waals surface area (Å²) in [6.07, 6.45) is 3.91. The number of nitrogens with two attached hydrogens (primary N) is 1. The molecule has 1 heterocycles. The first kappa shape index (κ1) is 27.0. The molecule has 36 heavy (non-hydrogen) atoms. The van der Waals surface area contributed by atoms with Crippen LogP contribution in [0.4, 0.5) is 10.5 Å². The van der Waals surface area contributed by atoms with Crippen LogP contribution in [0.3, 0.4) is 0 Å². The molecule has 1 aliphatic heterocycles. The number of carbonyl (C=O) groups is 2. The summed E-state index contributed by atoms with van der Waals surface area (Å²) in [5.41, 5.74) is 7.49. The molecule has 1 saturated heterocycles. The van der Waals surface area contributed by atoms with Crippen LogP contribution in [-0.2, 0) is 9.53 Å². The highest BCUT2D eigenvalue weighted by Crippen LogP contribution is 2.38. The van der Waals surface area contributed by atoms with Crippen molar-refractivity contribution >= 4 is 29.3 Å². The van der Waals surface area contributed by atoms with Crippen LogP contribution in [0.1, 0.15) is 32.4 Å². The fourth-order valence-electron chi connectivity index (χ4n) is 3.74. The number of amides is 2. The second kappa shape index (κ2) is 12.4. The van der Waals surface area contributed by atoms with E-state index in [1.54, 1.807) is 54.3 Å². The van der Waals surface area contributed by atoms with Gasteiger partial charge in [0.25, 0.3) is 0 Å². The lowest BCUT2D eigenvalue weighted by molar-refractivity contribution is -0.123. The molecule has 1 fully saturated rings. The Kier molecular flexibility index (Phi) is 9.33. The second-order valence-corrected chi connectivity index (χ2v) is 9.38. The van der Waals surface area contributed by atoms with Crippen LogP contribution in [0.15, 0.2) is 90.2 Å². The standard InChI is InChI=1S/C28H32ClN3O4/c1-5-22(14-11-19(4)29)35-23-15-12-21(13-16-23)32-26(20-9-7-6-8-10-20)24(36-28(32)34)17-31-27(33)25(30)18(2)3/h5-16,18,24-26H,1,17,30H2,2-4H3,(H,31,33)/b19-11+,22-14+/t24-,25+,26-/m0/s1. The number of benzene rings is 2.